The average molecular weight is 173 g/mol. The molecule has 0 aliphatic heterocycles. The lowest BCUT2D eigenvalue weighted by atomic mass is 10.1. The number of amides is 1. The van der Waals surface area contributed by atoms with Crippen LogP contribution < -0.4 is 5.73 Å². The van der Waals surface area contributed by atoms with Crippen molar-refractivity contribution in [2.24, 2.45) is 5.73 Å². The molecule has 1 amide bonds. The molecule has 0 aliphatic rings. The van der Waals surface area contributed by atoms with E-state index in [1.807, 2.05) is 0 Å². The molecule has 0 unspecified atom stereocenters. The minimum absolute atomic E-state index is 0.256. The molecular formula is C10H7NO2. The summed E-state index contributed by atoms with van der Waals surface area (Å²) in [6.45, 7) is 0. The van der Waals surface area contributed by atoms with Crippen molar-refractivity contribution in [3.63, 3.8) is 0 Å². The van der Waals surface area contributed by atoms with Crippen LogP contribution >= 0.6 is 0 Å². The normalized spacial score (nSPS) is 8.85. The fourth-order valence-corrected chi connectivity index (χ4v) is 0.860. The predicted octanol–water partition coefficient (Wildman–Crippen LogP) is 0.336. The second-order valence-corrected chi connectivity index (χ2v) is 2.42. The van der Waals surface area contributed by atoms with Gasteiger partial charge in [-0.15, -0.1) is 6.42 Å². The number of benzene rings is 1. The molecule has 0 heterocycles. The minimum atomic E-state index is -0.964. The van der Waals surface area contributed by atoms with Crippen LogP contribution in [-0.4, -0.2) is 11.7 Å². The number of terminal acetylenes is 1. The van der Waals surface area contributed by atoms with Gasteiger partial charge in [0.1, 0.15) is 0 Å². The zero-order chi connectivity index (χ0) is 9.84. The number of carbonyl (C=O) groups excluding carboxylic acids is 2. The molecule has 0 aliphatic carbocycles. The van der Waals surface area contributed by atoms with Gasteiger partial charge in [0, 0.05) is 11.1 Å². The highest BCUT2D eigenvalue weighted by atomic mass is 16.2. The highest BCUT2D eigenvalue weighted by Gasteiger charge is 2.10. The van der Waals surface area contributed by atoms with Gasteiger partial charge in [-0.3, -0.25) is 9.59 Å². The van der Waals surface area contributed by atoms with Crippen molar-refractivity contribution in [3.05, 3.63) is 35.4 Å². The van der Waals surface area contributed by atoms with Gasteiger partial charge in [0.25, 0.3) is 5.91 Å². The van der Waals surface area contributed by atoms with E-state index in [4.69, 9.17) is 12.2 Å². The Morgan fingerprint density at radius 2 is 1.77 bits per heavy atom. The first kappa shape index (κ1) is 9.01. The Labute approximate surface area is 75.6 Å². The lowest BCUT2D eigenvalue weighted by Crippen LogP contribution is -2.22. The fourth-order valence-electron chi connectivity index (χ4n) is 0.860. The average Bonchev–Trinajstić information content (AvgIpc) is 2.17. The van der Waals surface area contributed by atoms with Crippen LogP contribution in [0.3, 0.4) is 0 Å². The summed E-state index contributed by atoms with van der Waals surface area (Å²) in [6, 6.07) is 6.11. The Kier molecular flexibility index (Phi) is 2.46. The third-order valence-electron chi connectivity index (χ3n) is 1.54. The van der Waals surface area contributed by atoms with Gasteiger partial charge >= 0.3 is 0 Å². The van der Waals surface area contributed by atoms with Gasteiger partial charge in [-0.05, 0) is 24.3 Å². The molecule has 64 valence electrons. The Morgan fingerprint density at radius 3 is 2.15 bits per heavy atom. The largest absolute Gasteiger partial charge is 0.363 e. The maximum atomic E-state index is 11.0. The summed E-state index contributed by atoms with van der Waals surface area (Å²) in [6.07, 6.45) is 5.11. The number of carbonyl (C=O) groups is 2. The molecule has 0 saturated carbocycles. The van der Waals surface area contributed by atoms with E-state index in [-0.39, 0.29) is 5.56 Å². The molecule has 1 aromatic carbocycles. The van der Waals surface area contributed by atoms with Crippen LogP contribution in [-0.2, 0) is 4.79 Å². The van der Waals surface area contributed by atoms with E-state index >= 15 is 0 Å². The van der Waals surface area contributed by atoms with E-state index in [0.717, 1.165) is 0 Å². The van der Waals surface area contributed by atoms with Gasteiger partial charge in [-0.25, -0.2) is 0 Å². The zero-order valence-corrected chi connectivity index (χ0v) is 6.78. The van der Waals surface area contributed by atoms with E-state index in [9.17, 15) is 9.59 Å². The molecule has 2 N–H and O–H groups in total. The monoisotopic (exact) mass is 173 g/mol. The van der Waals surface area contributed by atoms with Gasteiger partial charge in [-0.2, -0.15) is 0 Å². The van der Waals surface area contributed by atoms with Crippen LogP contribution in [0.5, 0.6) is 0 Å². The third-order valence-corrected chi connectivity index (χ3v) is 1.54. The van der Waals surface area contributed by atoms with Crippen LogP contribution in [0.25, 0.3) is 0 Å². The molecule has 3 heteroatoms. The third kappa shape index (κ3) is 1.94. The molecule has 1 aromatic rings. The minimum Gasteiger partial charge on any atom is -0.363 e. The number of Topliss-reactive ketones (excluding diaryl/α,β-unsaturated/α-hetero) is 1. The first-order chi connectivity index (χ1) is 6.15. The summed E-state index contributed by atoms with van der Waals surface area (Å²) >= 11 is 0. The van der Waals surface area contributed by atoms with Gasteiger partial charge in [0.05, 0.1) is 0 Å². The van der Waals surface area contributed by atoms with Crippen molar-refractivity contribution in [2.45, 2.75) is 0 Å². The summed E-state index contributed by atoms with van der Waals surface area (Å²) in [5.74, 6) is 0.725. The van der Waals surface area contributed by atoms with Gasteiger partial charge in [0.2, 0.25) is 5.78 Å². The van der Waals surface area contributed by atoms with Crippen molar-refractivity contribution in [3.8, 4) is 12.3 Å². The smallest absolute Gasteiger partial charge is 0.289 e. The molecule has 0 saturated heterocycles. The first-order valence-corrected chi connectivity index (χ1v) is 3.56. The van der Waals surface area contributed by atoms with Crippen molar-refractivity contribution >= 4 is 11.7 Å². The SMILES string of the molecule is C#Cc1ccc(C(=O)C(N)=O)cc1. The van der Waals surface area contributed by atoms with Crippen molar-refractivity contribution in [1.29, 1.82) is 0 Å². The Balaban J connectivity index is 3.01. The topological polar surface area (TPSA) is 60.2 Å². The van der Waals surface area contributed by atoms with Crippen LogP contribution in [0.1, 0.15) is 15.9 Å². The predicted molar refractivity (Wildman–Crippen MR) is 47.9 cm³/mol. The number of ketones is 1. The van der Waals surface area contributed by atoms with Crippen LogP contribution in [0.4, 0.5) is 0 Å². The van der Waals surface area contributed by atoms with E-state index in [1.54, 1.807) is 12.1 Å². The molecule has 0 fully saturated rings. The highest BCUT2D eigenvalue weighted by molar-refractivity contribution is 6.42. The number of primary amides is 1. The lowest BCUT2D eigenvalue weighted by molar-refractivity contribution is -0.114. The number of nitrogens with two attached hydrogens (primary N) is 1. The quantitative estimate of drug-likeness (QED) is 0.398. The summed E-state index contributed by atoms with van der Waals surface area (Å²) in [7, 11) is 0. The number of hydrogen-bond acceptors (Lipinski definition) is 2. The highest BCUT2D eigenvalue weighted by Crippen LogP contribution is 2.03. The molecular weight excluding hydrogens is 166 g/mol. The second-order valence-electron chi connectivity index (χ2n) is 2.42. The van der Waals surface area contributed by atoms with E-state index in [2.05, 4.69) is 5.92 Å². The zero-order valence-electron chi connectivity index (χ0n) is 6.78. The van der Waals surface area contributed by atoms with Gasteiger partial charge in [0.15, 0.2) is 0 Å². The maximum absolute atomic E-state index is 11.0. The number of rotatable bonds is 2. The van der Waals surface area contributed by atoms with Crippen LogP contribution in [0.15, 0.2) is 24.3 Å². The lowest BCUT2D eigenvalue weighted by Gasteiger charge is -1.95. The Bertz CT molecular complexity index is 384. The van der Waals surface area contributed by atoms with Crippen LogP contribution in [0, 0.1) is 12.3 Å². The van der Waals surface area contributed by atoms with E-state index in [1.165, 1.54) is 12.1 Å². The summed E-state index contributed by atoms with van der Waals surface area (Å²) in [5, 5.41) is 0. The van der Waals surface area contributed by atoms with Gasteiger partial charge in [-0.1, -0.05) is 5.92 Å². The van der Waals surface area contributed by atoms with E-state index < -0.39 is 11.7 Å². The Hall–Kier alpha value is -2.08. The number of hydrogen-bond donors (Lipinski definition) is 1. The standard InChI is InChI=1S/C10H7NO2/c1-2-7-3-5-8(6-4-7)9(12)10(11)13/h1,3-6H,(H2,11,13). The summed E-state index contributed by atoms with van der Waals surface area (Å²) in [5.41, 5.74) is 5.72. The fraction of sp³-hybridized carbons (Fsp3) is 0. The van der Waals surface area contributed by atoms with Gasteiger partial charge < -0.3 is 5.73 Å². The molecule has 1 rings (SSSR count). The molecule has 3 nitrogen and oxygen atoms in total. The van der Waals surface area contributed by atoms with Crippen LogP contribution in [0.2, 0.25) is 0 Å². The molecule has 0 aromatic heterocycles. The van der Waals surface area contributed by atoms with E-state index in [0.29, 0.717) is 5.56 Å². The second kappa shape index (κ2) is 3.55. The summed E-state index contributed by atoms with van der Waals surface area (Å²) < 4.78 is 0. The molecule has 0 atom stereocenters. The Morgan fingerprint density at radius 1 is 1.23 bits per heavy atom. The molecule has 0 radical (unpaired) electrons. The first-order valence-electron chi connectivity index (χ1n) is 3.56. The molecule has 13 heavy (non-hydrogen) atoms. The molecule has 0 spiro atoms. The maximum Gasteiger partial charge on any atom is 0.289 e. The summed E-state index contributed by atoms with van der Waals surface area (Å²) in [4.78, 5) is 21.5. The van der Waals surface area contributed by atoms with Crippen molar-refractivity contribution < 1.29 is 9.59 Å². The van der Waals surface area contributed by atoms with Crippen molar-refractivity contribution in [2.75, 3.05) is 0 Å². The molecule has 0 bridgehead atoms. The van der Waals surface area contributed by atoms with Crippen molar-refractivity contribution in [1.82, 2.24) is 0 Å².